The minimum Gasteiger partial charge on any atom is -0.822 e. The van der Waals surface area contributed by atoms with Gasteiger partial charge in [0.25, 0.3) is 0 Å². The van der Waals surface area contributed by atoms with Crippen molar-refractivity contribution < 1.29 is 77.7 Å². The Bertz CT molecular complexity index is 1110. The van der Waals surface area contributed by atoms with Gasteiger partial charge in [0.1, 0.15) is 0 Å². The van der Waals surface area contributed by atoms with Crippen LogP contribution in [-0.4, -0.2) is 0 Å². The number of aryl methyl sites for hydroxylation is 3. The van der Waals surface area contributed by atoms with E-state index in [1.54, 1.807) is 0 Å². The summed E-state index contributed by atoms with van der Waals surface area (Å²) in [6, 6.07) is 35.0. The van der Waals surface area contributed by atoms with Gasteiger partial charge in [-0.1, -0.05) is 233 Å². The molecule has 0 atom stereocenters. The summed E-state index contributed by atoms with van der Waals surface area (Å²) in [7, 11) is -5.39. The van der Waals surface area contributed by atoms with E-state index in [-0.39, 0.29) is 58.4 Å². The van der Waals surface area contributed by atoms with E-state index in [1.807, 2.05) is 36.4 Å². The molecule has 0 saturated heterocycles. The standard InChI is InChI=1S/3C18H29.H3O4P.3Zn/c3*1-2-3-4-5-6-7-8-9-10-12-15-18-16-13-11-14-17-18;1-5(2,3)4;;;/h3*11,13-14,16H,2-10,12,15H2,1H3;(H3,1,2,3,4);;;/q3*-1;;3*+2/p-3. The molecule has 338 valence electrons. The summed E-state index contributed by atoms with van der Waals surface area (Å²) in [5.74, 6) is 0. The molecule has 3 aromatic carbocycles. The van der Waals surface area contributed by atoms with Crippen LogP contribution in [0, 0.1) is 18.2 Å². The molecule has 0 aliphatic carbocycles. The third-order valence-corrected chi connectivity index (χ3v) is 10.7. The van der Waals surface area contributed by atoms with Crippen LogP contribution in [0.1, 0.15) is 230 Å². The fourth-order valence-electron chi connectivity index (χ4n) is 7.17. The summed E-state index contributed by atoms with van der Waals surface area (Å²) < 4.78 is 8.55. The monoisotopic (exact) mass is 1020 g/mol. The molecule has 0 spiro atoms. The SMILES string of the molecule is CCCCCCCCCCCCc1[c-]cccc1.CCCCCCCCCCCCc1[c-]cccc1.CCCCCCCCCCCCc1[c-]cccc1.O=P([O-])([O-])[O-].[Zn+2].[Zn+2].[Zn+2]. The van der Waals surface area contributed by atoms with Crippen molar-refractivity contribution in [2.24, 2.45) is 0 Å². The Balaban J connectivity index is -0.000000376. The zero-order chi connectivity index (χ0) is 43.2. The van der Waals surface area contributed by atoms with Crippen molar-refractivity contribution in [1.29, 1.82) is 0 Å². The van der Waals surface area contributed by atoms with Crippen molar-refractivity contribution >= 4 is 7.82 Å². The van der Waals surface area contributed by atoms with E-state index >= 15 is 0 Å². The van der Waals surface area contributed by atoms with Crippen molar-refractivity contribution in [3.8, 4) is 0 Å². The summed E-state index contributed by atoms with van der Waals surface area (Å²) in [6.45, 7) is 6.85. The van der Waals surface area contributed by atoms with E-state index in [9.17, 15) is 0 Å². The van der Waals surface area contributed by atoms with Crippen LogP contribution >= 0.6 is 7.82 Å². The van der Waals surface area contributed by atoms with Gasteiger partial charge in [-0.3, -0.25) is 0 Å². The molecular formula is C54H87O4PZn3. The van der Waals surface area contributed by atoms with Crippen molar-refractivity contribution in [2.45, 2.75) is 233 Å². The molecule has 4 nitrogen and oxygen atoms in total. The van der Waals surface area contributed by atoms with Crippen LogP contribution in [0.15, 0.2) is 72.8 Å². The predicted octanol–water partition coefficient (Wildman–Crippen LogP) is 15.0. The number of hydrogen-bond acceptors (Lipinski definition) is 4. The Hall–Kier alpha value is -0.360. The molecule has 0 heterocycles. The van der Waals surface area contributed by atoms with Gasteiger partial charge in [0.2, 0.25) is 0 Å². The molecule has 3 aromatic rings. The van der Waals surface area contributed by atoms with Gasteiger partial charge in [0.15, 0.2) is 0 Å². The molecule has 8 heteroatoms. The fourth-order valence-corrected chi connectivity index (χ4v) is 7.17. The van der Waals surface area contributed by atoms with E-state index in [4.69, 9.17) is 19.2 Å². The van der Waals surface area contributed by atoms with Crippen LogP contribution < -0.4 is 14.7 Å². The van der Waals surface area contributed by atoms with Crippen LogP contribution in [0.4, 0.5) is 0 Å². The zero-order valence-electron chi connectivity index (χ0n) is 40.5. The second-order valence-corrected chi connectivity index (χ2v) is 17.3. The maximum atomic E-state index is 8.55. The van der Waals surface area contributed by atoms with E-state index in [0.29, 0.717) is 0 Å². The Morgan fingerprint density at radius 2 is 0.516 bits per heavy atom. The zero-order valence-corrected chi connectivity index (χ0v) is 50.3. The fraction of sp³-hybridized carbons (Fsp3) is 0.667. The van der Waals surface area contributed by atoms with E-state index in [1.165, 1.54) is 229 Å². The molecule has 0 radical (unpaired) electrons. The van der Waals surface area contributed by atoms with Gasteiger partial charge in [-0.15, -0.1) is 0 Å². The second-order valence-electron chi connectivity index (χ2n) is 16.4. The number of hydrogen-bond donors (Lipinski definition) is 0. The van der Waals surface area contributed by atoms with Gasteiger partial charge >= 0.3 is 58.4 Å². The molecule has 0 bridgehead atoms. The summed E-state index contributed by atoms with van der Waals surface area (Å²) in [5.41, 5.74) is 4.12. The smallest absolute Gasteiger partial charge is 0.822 e. The Morgan fingerprint density at radius 1 is 0.339 bits per heavy atom. The van der Waals surface area contributed by atoms with Crippen LogP contribution in [0.3, 0.4) is 0 Å². The summed E-state index contributed by atoms with van der Waals surface area (Å²) in [6.07, 6.45) is 46.0. The summed E-state index contributed by atoms with van der Waals surface area (Å²) in [5, 5.41) is 0. The maximum absolute atomic E-state index is 8.55. The molecule has 0 aliphatic heterocycles. The molecule has 0 amide bonds. The average Bonchev–Trinajstić information content (AvgIpc) is 3.24. The first kappa shape index (κ1) is 68.2. The predicted molar refractivity (Wildman–Crippen MR) is 250 cm³/mol. The largest absolute Gasteiger partial charge is 2.00 e. The van der Waals surface area contributed by atoms with Gasteiger partial charge in [0.05, 0.1) is 0 Å². The molecule has 0 aromatic heterocycles. The van der Waals surface area contributed by atoms with Crippen LogP contribution in [0.2, 0.25) is 0 Å². The first-order chi connectivity index (χ1) is 28.8. The normalized spacial score (nSPS) is 10.3. The van der Waals surface area contributed by atoms with Crippen molar-refractivity contribution in [1.82, 2.24) is 0 Å². The first-order valence-electron chi connectivity index (χ1n) is 24.4. The van der Waals surface area contributed by atoms with E-state index in [2.05, 4.69) is 75.4 Å². The third kappa shape index (κ3) is 57.7. The van der Waals surface area contributed by atoms with Gasteiger partial charge in [-0.05, 0) is 0 Å². The van der Waals surface area contributed by atoms with Gasteiger partial charge in [0, 0.05) is 0 Å². The number of phosphoric acid groups is 1. The quantitative estimate of drug-likeness (QED) is 0.0263. The molecule has 0 saturated carbocycles. The molecule has 0 fully saturated rings. The van der Waals surface area contributed by atoms with Gasteiger partial charge < -0.3 is 19.2 Å². The van der Waals surface area contributed by atoms with E-state index in [0.717, 1.165) is 0 Å². The number of rotatable bonds is 33. The Morgan fingerprint density at radius 3 is 0.677 bits per heavy atom. The van der Waals surface area contributed by atoms with Crippen molar-refractivity contribution in [3.63, 3.8) is 0 Å². The molecule has 3 rings (SSSR count). The van der Waals surface area contributed by atoms with Crippen molar-refractivity contribution in [3.05, 3.63) is 108 Å². The minimum absolute atomic E-state index is 0. The molecular weight excluding hydrogens is 940 g/mol. The first-order valence-corrected chi connectivity index (χ1v) is 25.9. The maximum Gasteiger partial charge on any atom is 2.00 e. The topological polar surface area (TPSA) is 86.2 Å². The van der Waals surface area contributed by atoms with Crippen LogP contribution in [-0.2, 0) is 82.3 Å². The molecule has 0 N–H and O–H groups in total. The van der Waals surface area contributed by atoms with Crippen LogP contribution in [0.25, 0.3) is 0 Å². The average molecular weight is 1030 g/mol. The third-order valence-electron chi connectivity index (χ3n) is 10.7. The molecule has 0 unspecified atom stereocenters. The summed E-state index contributed by atoms with van der Waals surface area (Å²) in [4.78, 5) is 25.6. The van der Waals surface area contributed by atoms with Crippen LogP contribution in [0.5, 0.6) is 0 Å². The number of benzene rings is 3. The van der Waals surface area contributed by atoms with Gasteiger partial charge in [-0.2, -0.15) is 116 Å². The molecule has 62 heavy (non-hydrogen) atoms. The number of unbranched alkanes of at least 4 members (excludes halogenated alkanes) is 27. The molecule has 0 aliphatic rings. The second kappa shape index (κ2) is 55.0. The Labute approximate surface area is 422 Å². The van der Waals surface area contributed by atoms with Crippen molar-refractivity contribution in [2.75, 3.05) is 0 Å². The Kier molecular flexibility index (Phi) is 60.5. The summed E-state index contributed by atoms with van der Waals surface area (Å²) >= 11 is 0. The minimum atomic E-state index is -5.39. The van der Waals surface area contributed by atoms with E-state index < -0.39 is 7.82 Å². The van der Waals surface area contributed by atoms with Gasteiger partial charge in [-0.25, -0.2) is 0 Å².